The number of carbonyl (C=O) groups is 1. The zero-order valence-corrected chi connectivity index (χ0v) is 9.00. The molecule has 0 saturated heterocycles. The number of hydrogen-bond acceptors (Lipinski definition) is 3. The summed E-state index contributed by atoms with van der Waals surface area (Å²) in [5.74, 6) is 0. The van der Waals surface area contributed by atoms with Gasteiger partial charge in [0, 0.05) is 0 Å². The van der Waals surface area contributed by atoms with Crippen LogP contribution in [0.3, 0.4) is 0 Å². The molecule has 0 aliphatic heterocycles. The Morgan fingerprint density at radius 2 is 2.00 bits per heavy atom. The molecule has 0 saturated carbocycles. The molecule has 0 aromatic rings. The van der Waals surface area contributed by atoms with Gasteiger partial charge in [0.2, 0.25) is 6.73 Å². The van der Waals surface area contributed by atoms with Crippen LogP contribution in [0, 0.1) is 0 Å². The Morgan fingerprint density at radius 3 is 2.38 bits per heavy atom. The van der Waals surface area contributed by atoms with E-state index < -0.39 is 6.16 Å². The predicted octanol–water partition coefficient (Wildman–Crippen LogP) is 1.60. The van der Waals surface area contributed by atoms with Gasteiger partial charge in [0.05, 0.1) is 27.2 Å². The molecule has 0 fully saturated rings. The summed E-state index contributed by atoms with van der Waals surface area (Å²) in [5.41, 5.74) is 0. The highest BCUT2D eigenvalue weighted by molar-refractivity contribution is 5.59. The maximum absolute atomic E-state index is 10.7. The van der Waals surface area contributed by atoms with Crippen molar-refractivity contribution in [1.29, 1.82) is 0 Å². The van der Waals surface area contributed by atoms with Gasteiger partial charge in [-0.1, -0.05) is 6.92 Å². The van der Waals surface area contributed by atoms with Gasteiger partial charge in [0.1, 0.15) is 0 Å². The van der Waals surface area contributed by atoms with E-state index in [0.717, 1.165) is 24.0 Å². The van der Waals surface area contributed by atoms with E-state index in [2.05, 4.69) is 25.6 Å². The largest absolute Gasteiger partial charge is 0.512 e. The van der Waals surface area contributed by atoms with Gasteiger partial charge in [-0.05, 0) is 13.3 Å². The molecule has 0 aromatic heterocycles. The van der Waals surface area contributed by atoms with E-state index in [1.807, 2.05) is 0 Å². The Hall–Kier alpha value is -0.770. The van der Waals surface area contributed by atoms with Gasteiger partial charge >= 0.3 is 6.16 Å². The lowest BCUT2D eigenvalue weighted by molar-refractivity contribution is -0.924. The summed E-state index contributed by atoms with van der Waals surface area (Å²) in [5, 5.41) is 0. The molecular formula is C9H20NO3+. The zero-order chi connectivity index (χ0) is 10.3. The number of nitrogens with zero attached hydrogens (tertiary/aromatic N) is 1. The van der Waals surface area contributed by atoms with Crippen molar-refractivity contribution in [3.63, 3.8) is 0 Å². The van der Waals surface area contributed by atoms with Gasteiger partial charge in [-0.25, -0.2) is 4.79 Å². The first-order chi connectivity index (χ1) is 6.08. The van der Waals surface area contributed by atoms with Crippen molar-refractivity contribution in [2.24, 2.45) is 0 Å². The number of quaternary nitrogens is 1. The van der Waals surface area contributed by atoms with E-state index in [1.54, 1.807) is 0 Å². The first-order valence-electron chi connectivity index (χ1n) is 4.62. The normalized spacial score (nSPS) is 14.8. The minimum absolute atomic E-state index is 0.386. The molecule has 1 atom stereocenters. The highest BCUT2D eigenvalue weighted by Gasteiger charge is 2.20. The average molecular weight is 190 g/mol. The molecule has 0 aliphatic carbocycles. The summed E-state index contributed by atoms with van der Waals surface area (Å²) in [7, 11) is 3.38. The van der Waals surface area contributed by atoms with Gasteiger partial charge in [-0.2, -0.15) is 0 Å². The molecule has 4 heteroatoms. The summed E-state index contributed by atoms with van der Waals surface area (Å²) in [4.78, 5) is 10.7. The molecule has 13 heavy (non-hydrogen) atoms. The molecule has 0 radical (unpaired) electrons. The molecule has 0 aliphatic rings. The highest BCUT2D eigenvalue weighted by atomic mass is 16.7. The molecule has 1 unspecified atom stereocenters. The lowest BCUT2D eigenvalue weighted by Crippen LogP contribution is -2.46. The van der Waals surface area contributed by atoms with Crippen molar-refractivity contribution in [2.75, 3.05) is 34.0 Å². The van der Waals surface area contributed by atoms with Crippen LogP contribution in [0.15, 0.2) is 0 Å². The van der Waals surface area contributed by atoms with Crippen LogP contribution in [0.5, 0.6) is 0 Å². The minimum atomic E-state index is -0.603. The molecule has 0 spiro atoms. The predicted molar refractivity (Wildman–Crippen MR) is 50.2 cm³/mol. The number of methoxy groups -OCH3 is 1. The number of carbonyl (C=O) groups excluding carboxylic acids is 1. The SMILES string of the molecule is CCC[N+](C)(CC)COC(=O)OC. The van der Waals surface area contributed by atoms with E-state index in [9.17, 15) is 4.79 Å². The van der Waals surface area contributed by atoms with Crippen molar-refractivity contribution in [1.82, 2.24) is 0 Å². The summed E-state index contributed by atoms with van der Waals surface area (Å²) in [6.07, 6.45) is 0.475. The Bertz CT molecular complexity index is 161. The molecule has 0 amide bonds. The van der Waals surface area contributed by atoms with Crippen molar-refractivity contribution in [3.8, 4) is 0 Å². The second-order valence-electron chi connectivity index (χ2n) is 3.39. The monoisotopic (exact) mass is 190 g/mol. The van der Waals surface area contributed by atoms with Gasteiger partial charge in [0.25, 0.3) is 0 Å². The topological polar surface area (TPSA) is 35.5 Å². The molecule has 0 rings (SSSR count). The van der Waals surface area contributed by atoms with Crippen molar-refractivity contribution >= 4 is 6.16 Å². The maximum Gasteiger partial charge on any atom is 0.512 e. The molecular weight excluding hydrogens is 170 g/mol. The van der Waals surface area contributed by atoms with Crippen LogP contribution in [-0.2, 0) is 9.47 Å². The molecule has 0 N–H and O–H groups in total. The molecule has 4 nitrogen and oxygen atoms in total. The first-order valence-corrected chi connectivity index (χ1v) is 4.62. The second-order valence-corrected chi connectivity index (χ2v) is 3.39. The molecule has 0 bridgehead atoms. The standard InChI is InChI=1S/C9H20NO3/c1-5-7-10(3,6-2)8-13-9(11)12-4/h5-8H2,1-4H3/q+1. The highest BCUT2D eigenvalue weighted by Crippen LogP contribution is 2.04. The summed E-state index contributed by atoms with van der Waals surface area (Å²) >= 11 is 0. The van der Waals surface area contributed by atoms with Crippen LogP contribution in [0.2, 0.25) is 0 Å². The smallest absolute Gasteiger partial charge is 0.437 e. The quantitative estimate of drug-likeness (QED) is 0.375. The van der Waals surface area contributed by atoms with Crippen LogP contribution in [0.1, 0.15) is 20.3 Å². The van der Waals surface area contributed by atoms with Crippen LogP contribution in [0.4, 0.5) is 4.79 Å². The third-order valence-corrected chi connectivity index (χ3v) is 2.19. The minimum Gasteiger partial charge on any atom is -0.437 e. The Morgan fingerprint density at radius 1 is 1.38 bits per heavy atom. The Kier molecular flexibility index (Phi) is 5.46. The molecule has 78 valence electrons. The van der Waals surface area contributed by atoms with E-state index in [0.29, 0.717) is 6.73 Å². The van der Waals surface area contributed by atoms with E-state index in [1.165, 1.54) is 7.11 Å². The summed E-state index contributed by atoms with van der Waals surface area (Å²) < 4.78 is 10.0. The van der Waals surface area contributed by atoms with Crippen molar-refractivity contribution in [2.45, 2.75) is 20.3 Å². The number of ether oxygens (including phenoxy) is 2. The fourth-order valence-corrected chi connectivity index (χ4v) is 1.12. The van der Waals surface area contributed by atoms with Crippen LogP contribution in [-0.4, -0.2) is 44.6 Å². The lowest BCUT2D eigenvalue weighted by atomic mass is 10.4. The van der Waals surface area contributed by atoms with Gasteiger partial charge in [-0.3, -0.25) is 4.48 Å². The first kappa shape index (κ1) is 12.2. The van der Waals surface area contributed by atoms with Crippen LogP contribution < -0.4 is 0 Å². The van der Waals surface area contributed by atoms with Gasteiger partial charge < -0.3 is 9.47 Å². The van der Waals surface area contributed by atoms with Crippen LogP contribution >= 0.6 is 0 Å². The molecule has 0 aromatic carbocycles. The summed E-state index contributed by atoms with van der Waals surface area (Å²) in [6, 6.07) is 0. The maximum atomic E-state index is 10.7. The Balaban J connectivity index is 3.89. The number of rotatable bonds is 5. The van der Waals surface area contributed by atoms with Gasteiger partial charge in [0.15, 0.2) is 0 Å². The fourth-order valence-electron chi connectivity index (χ4n) is 1.12. The molecule has 0 heterocycles. The lowest BCUT2D eigenvalue weighted by Gasteiger charge is -2.31. The Labute approximate surface area is 80.0 Å². The average Bonchev–Trinajstić information content (AvgIpc) is 2.15. The third-order valence-electron chi connectivity index (χ3n) is 2.19. The van der Waals surface area contributed by atoms with Crippen molar-refractivity contribution in [3.05, 3.63) is 0 Å². The van der Waals surface area contributed by atoms with E-state index >= 15 is 0 Å². The van der Waals surface area contributed by atoms with E-state index in [-0.39, 0.29) is 0 Å². The van der Waals surface area contributed by atoms with E-state index in [4.69, 9.17) is 4.74 Å². The van der Waals surface area contributed by atoms with Crippen LogP contribution in [0.25, 0.3) is 0 Å². The summed E-state index contributed by atoms with van der Waals surface area (Å²) in [6.45, 7) is 6.54. The van der Waals surface area contributed by atoms with Gasteiger partial charge in [-0.15, -0.1) is 0 Å². The number of hydrogen-bond donors (Lipinski definition) is 0. The second kappa shape index (κ2) is 5.80. The zero-order valence-electron chi connectivity index (χ0n) is 9.00. The fraction of sp³-hybridized carbons (Fsp3) is 0.889. The van der Waals surface area contributed by atoms with Crippen molar-refractivity contribution < 1.29 is 18.8 Å². The third kappa shape index (κ3) is 4.72.